The molecule has 0 saturated heterocycles. The van der Waals surface area contributed by atoms with E-state index in [2.05, 4.69) is 15.0 Å². The number of aromatic nitrogens is 2. The maximum Gasteiger partial charge on any atom is 0.280 e. The predicted octanol–water partition coefficient (Wildman–Crippen LogP) is 3.26. The molecule has 1 amide bonds. The first-order chi connectivity index (χ1) is 15.3. The smallest absolute Gasteiger partial charge is 0.280 e. The lowest BCUT2D eigenvalue weighted by atomic mass is 9.81. The summed E-state index contributed by atoms with van der Waals surface area (Å²) in [5.41, 5.74) is 5.09. The van der Waals surface area contributed by atoms with Gasteiger partial charge in [-0.05, 0) is 53.1 Å². The number of aliphatic imine (C=N–C) groups is 1. The molecule has 0 radical (unpaired) electrons. The Balaban J connectivity index is 2.01. The number of ether oxygens (including phenoxy) is 1. The SMILES string of the molecule is COc1cc(-c2cncc(F)c2)cc(C2(c3ccnc(C(F)F)c3)N=C(N)N(C)C2=O)c1. The third-order valence-electron chi connectivity index (χ3n) is 5.26. The lowest BCUT2D eigenvalue weighted by Crippen LogP contribution is -2.41. The Morgan fingerprint density at radius 3 is 2.50 bits per heavy atom. The van der Waals surface area contributed by atoms with Crippen LogP contribution in [0.4, 0.5) is 13.2 Å². The van der Waals surface area contributed by atoms with E-state index in [1.54, 1.807) is 18.2 Å². The van der Waals surface area contributed by atoms with Crippen molar-refractivity contribution in [1.29, 1.82) is 0 Å². The molecule has 0 spiro atoms. The van der Waals surface area contributed by atoms with E-state index in [1.807, 2.05) is 0 Å². The molecule has 2 aromatic heterocycles. The molecule has 0 bridgehead atoms. The first kappa shape index (κ1) is 21.3. The Hall–Kier alpha value is -3.95. The van der Waals surface area contributed by atoms with Crippen molar-refractivity contribution in [2.45, 2.75) is 12.0 Å². The Labute approximate surface area is 181 Å². The van der Waals surface area contributed by atoms with Gasteiger partial charge < -0.3 is 10.5 Å². The van der Waals surface area contributed by atoms with E-state index in [-0.39, 0.29) is 11.5 Å². The molecule has 4 rings (SSSR count). The monoisotopic (exact) mass is 441 g/mol. The summed E-state index contributed by atoms with van der Waals surface area (Å²) in [5, 5.41) is 0. The van der Waals surface area contributed by atoms with Gasteiger partial charge in [-0.1, -0.05) is 0 Å². The van der Waals surface area contributed by atoms with Crippen molar-refractivity contribution in [2.75, 3.05) is 14.2 Å². The van der Waals surface area contributed by atoms with Crippen LogP contribution < -0.4 is 10.5 Å². The van der Waals surface area contributed by atoms with Gasteiger partial charge in [0.05, 0.1) is 13.3 Å². The minimum absolute atomic E-state index is 0.0813. The fraction of sp³-hybridized carbons (Fsp3) is 0.182. The summed E-state index contributed by atoms with van der Waals surface area (Å²) in [7, 11) is 2.87. The Bertz CT molecular complexity index is 1230. The quantitative estimate of drug-likeness (QED) is 0.656. The van der Waals surface area contributed by atoms with Crippen molar-refractivity contribution in [3.8, 4) is 16.9 Å². The van der Waals surface area contributed by atoms with Gasteiger partial charge in [0.2, 0.25) is 0 Å². The zero-order chi connectivity index (χ0) is 23.0. The van der Waals surface area contributed by atoms with Crippen LogP contribution in [-0.4, -0.2) is 40.9 Å². The van der Waals surface area contributed by atoms with Gasteiger partial charge in [0, 0.05) is 25.0 Å². The van der Waals surface area contributed by atoms with E-state index in [0.29, 0.717) is 22.4 Å². The number of carbonyl (C=O) groups excluding carboxylic acids is 1. The van der Waals surface area contributed by atoms with E-state index in [4.69, 9.17) is 10.5 Å². The fourth-order valence-corrected chi connectivity index (χ4v) is 3.64. The normalized spacial score (nSPS) is 18.2. The van der Waals surface area contributed by atoms with Crippen LogP contribution in [-0.2, 0) is 10.3 Å². The van der Waals surface area contributed by atoms with Gasteiger partial charge in [0.15, 0.2) is 11.5 Å². The third kappa shape index (κ3) is 3.43. The number of hydrogen-bond donors (Lipinski definition) is 1. The number of amides is 1. The minimum atomic E-state index is -2.85. The summed E-state index contributed by atoms with van der Waals surface area (Å²) < 4.78 is 45.9. The number of alkyl halides is 2. The number of guanidine groups is 1. The number of hydrogen-bond acceptors (Lipinski definition) is 6. The van der Waals surface area contributed by atoms with Crippen molar-refractivity contribution >= 4 is 11.9 Å². The van der Waals surface area contributed by atoms with Crippen LogP contribution >= 0.6 is 0 Å². The van der Waals surface area contributed by atoms with Crippen LogP contribution in [0.1, 0.15) is 23.2 Å². The molecule has 1 unspecified atom stereocenters. The van der Waals surface area contributed by atoms with Gasteiger partial charge in [-0.2, -0.15) is 0 Å². The van der Waals surface area contributed by atoms with Crippen LogP contribution in [0.15, 0.2) is 60.0 Å². The summed E-state index contributed by atoms with van der Waals surface area (Å²) >= 11 is 0. The average Bonchev–Trinajstić information content (AvgIpc) is 3.03. The number of methoxy groups -OCH3 is 1. The standard InChI is InChI=1S/C22H18F3N5O2/c1-30-20(31)22(29-21(30)26,14-3-4-28-18(9-14)19(24)25)15-5-12(7-17(8-15)32-2)13-6-16(23)11-27-10-13/h3-11,19H,1-2H3,(H2,26,29). The number of halogens is 3. The highest BCUT2D eigenvalue weighted by Crippen LogP contribution is 2.42. The molecule has 1 aliphatic rings. The van der Waals surface area contributed by atoms with Crippen molar-refractivity contribution in [3.63, 3.8) is 0 Å². The highest BCUT2D eigenvalue weighted by atomic mass is 19.3. The van der Waals surface area contributed by atoms with Crippen molar-refractivity contribution in [1.82, 2.24) is 14.9 Å². The summed E-state index contributed by atoms with van der Waals surface area (Å²) in [6.45, 7) is 0. The van der Waals surface area contributed by atoms with E-state index >= 15 is 0 Å². The Morgan fingerprint density at radius 1 is 1.09 bits per heavy atom. The second kappa shape index (κ2) is 7.95. The fourth-order valence-electron chi connectivity index (χ4n) is 3.64. The zero-order valence-corrected chi connectivity index (χ0v) is 17.1. The van der Waals surface area contributed by atoms with Crippen LogP contribution in [0, 0.1) is 5.82 Å². The molecule has 7 nitrogen and oxygen atoms in total. The molecule has 164 valence electrons. The van der Waals surface area contributed by atoms with Crippen LogP contribution in [0.2, 0.25) is 0 Å². The molecule has 10 heteroatoms. The molecule has 0 aliphatic carbocycles. The van der Waals surface area contributed by atoms with Crippen molar-refractivity contribution < 1.29 is 22.7 Å². The van der Waals surface area contributed by atoms with Crippen LogP contribution in [0.3, 0.4) is 0 Å². The summed E-state index contributed by atoms with van der Waals surface area (Å²) in [4.78, 5) is 26.5. The second-order valence-electron chi connectivity index (χ2n) is 7.16. The van der Waals surface area contributed by atoms with Gasteiger partial charge in [0.25, 0.3) is 12.3 Å². The van der Waals surface area contributed by atoms with Crippen molar-refractivity contribution in [3.05, 3.63) is 77.6 Å². The Morgan fingerprint density at radius 2 is 1.88 bits per heavy atom. The van der Waals surface area contributed by atoms with E-state index in [0.717, 1.165) is 17.2 Å². The van der Waals surface area contributed by atoms with E-state index in [9.17, 15) is 18.0 Å². The number of pyridine rings is 2. The topological polar surface area (TPSA) is 93.7 Å². The number of likely N-dealkylation sites (N-methyl/N-ethyl adjacent to an activating group) is 1. The Kier molecular flexibility index (Phi) is 5.29. The molecule has 1 aliphatic heterocycles. The predicted molar refractivity (Wildman–Crippen MR) is 111 cm³/mol. The van der Waals surface area contributed by atoms with E-state index in [1.165, 1.54) is 38.7 Å². The first-order valence-corrected chi connectivity index (χ1v) is 9.45. The third-order valence-corrected chi connectivity index (χ3v) is 5.26. The second-order valence-corrected chi connectivity index (χ2v) is 7.16. The van der Waals surface area contributed by atoms with Gasteiger partial charge in [0.1, 0.15) is 17.3 Å². The molecular weight excluding hydrogens is 423 g/mol. The van der Waals surface area contributed by atoms with Gasteiger partial charge in [-0.3, -0.25) is 19.7 Å². The molecule has 0 fully saturated rings. The average molecular weight is 441 g/mol. The lowest BCUT2D eigenvalue weighted by molar-refractivity contribution is -0.129. The number of rotatable bonds is 5. The number of benzene rings is 1. The van der Waals surface area contributed by atoms with Gasteiger partial charge in [-0.25, -0.2) is 18.2 Å². The molecule has 1 atom stereocenters. The highest BCUT2D eigenvalue weighted by Gasteiger charge is 2.50. The first-order valence-electron chi connectivity index (χ1n) is 9.45. The maximum atomic E-state index is 13.8. The highest BCUT2D eigenvalue weighted by molar-refractivity contribution is 6.09. The maximum absolute atomic E-state index is 13.8. The van der Waals surface area contributed by atoms with Gasteiger partial charge >= 0.3 is 0 Å². The summed E-state index contributed by atoms with van der Waals surface area (Å²) in [5.74, 6) is -0.822. The summed E-state index contributed by atoms with van der Waals surface area (Å²) in [6.07, 6.45) is 0.861. The van der Waals surface area contributed by atoms with Gasteiger partial charge in [-0.15, -0.1) is 0 Å². The molecule has 3 aromatic rings. The lowest BCUT2D eigenvalue weighted by Gasteiger charge is -2.27. The molecule has 1 aromatic carbocycles. The molecule has 3 heterocycles. The molecular formula is C22H18F3N5O2. The number of carbonyl (C=O) groups is 1. The largest absolute Gasteiger partial charge is 0.497 e. The molecule has 0 saturated carbocycles. The van der Waals surface area contributed by atoms with E-state index < -0.39 is 29.4 Å². The molecule has 32 heavy (non-hydrogen) atoms. The molecule has 2 N–H and O–H groups in total. The number of nitrogens with two attached hydrogens (primary N) is 1. The van der Waals surface area contributed by atoms with Crippen molar-refractivity contribution in [2.24, 2.45) is 10.7 Å². The zero-order valence-electron chi connectivity index (χ0n) is 17.1. The minimum Gasteiger partial charge on any atom is -0.497 e. The summed E-state index contributed by atoms with van der Waals surface area (Å²) in [6, 6.07) is 8.65. The van der Waals surface area contributed by atoms with Crippen LogP contribution in [0.5, 0.6) is 5.75 Å². The number of nitrogens with zero attached hydrogens (tertiary/aromatic N) is 4. The van der Waals surface area contributed by atoms with Crippen LogP contribution in [0.25, 0.3) is 11.1 Å².